The largest absolute Gasteiger partial charge is 0.364 e. The molecular formula is C17H28F2N2. The first-order valence-corrected chi connectivity index (χ1v) is 7.69. The van der Waals surface area contributed by atoms with Crippen LogP contribution in [0, 0.1) is 11.6 Å². The number of hydrogen-bond donors (Lipinski definition) is 1. The third-order valence-corrected chi connectivity index (χ3v) is 3.65. The predicted molar refractivity (Wildman–Crippen MR) is 85.7 cm³/mol. The highest BCUT2D eigenvalue weighted by atomic mass is 19.1. The van der Waals surface area contributed by atoms with E-state index in [2.05, 4.69) is 5.32 Å². The second-order valence-electron chi connectivity index (χ2n) is 6.55. The van der Waals surface area contributed by atoms with Gasteiger partial charge in [0.1, 0.15) is 17.3 Å². The van der Waals surface area contributed by atoms with Gasteiger partial charge in [0.25, 0.3) is 0 Å². The van der Waals surface area contributed by atoms with Crippen molar-refractivity contribution in [1.29, 1.82) is 0 Å². The molecule has 0 aliphatic rings. The Morgan fingerprint density at radius 2 is 1.67 bits per heavy atom. The third-order valence-electron chi connectivity index (χ3n) is 3.65. The minimum atomic E-state index is -0.483. The van der Waals surface area contributed by atoms with E-state index in [9.17, 15) is 8.78 Å². The monoisotopic (exact) mass is 298 g/mol. The fraction of sp³-hybridized carbons (Fsp3) is 0.647. The molecule has 120 valence electrons. The Hall–Kier alpha value is -1.16. The molecule has 0 heterocycles. The van der Waals surface area contributed by atoms with Crippen molar-refractivity contribution in [3.8, 4) is 0 Å². The van der Waals surface area contributed by atoms with Crippen molar-refractivity contribution in [2.24, 2.45) is 0 Å². The lowest BCUT2D eigenvalue weighted by molar-refractivity contribution is 0.422. The van der Waals surface area contributed by atoms with Gasteiger partial charge in [-0.25, -0.2) is 8.78 Å². The molecule has 0 amide bonds. The maximum absolute atomic E-state index is 14.4. The summed E-state index contributed by atoms with van der Waals surface area (Å²) in [6, 6.07) is 2.97. The Bertz CT molecular complexity index is 443. The molecule has 0 aliphatic carbocycles. The summed E-state index contributed by atoms with van der Waals surface area (Å²) in [5.74, 6) is -0.967. The molecule has 1 atom stereocenters. The highest BCUT2D eigenvalue weighted by Crippen LogP contribution is 2.27. The summed E-state index contributed by atoms with van der Waals surface area (Å²) < 4.78 is 28.7. The molecule has 2 nitrogen and oxygen atoms in total. The Morgan fingerprint density at radius 1 is 1.14 bits per heavy atom. The van der Waals surface area contributed by atoms with Gasteiger partial charge in [0, 0.05) is 24.7 Å². The van der Waals surface area contributed by atoms with Gasteiger partial charge >= 0.3 is 0 Å². The smallest absolute Gasteiger partial charge is 0.149 e. The van der Waals surface area contributed by atoms with Crippen molar-refractivity contribution >= 4 is 5.69 Å². The van der Waals surface area contributed by atoms with Crippen molar-refractivity contribution < 1.29 is 8.78 Å². The molecule has 1 aromatic rings. The molecule has 0 aromatic heterocycles. The van der Waals surface area contributed by atoms with Crippen LogP contribution in [-0.4, -0.2) is 18.1 Å². The van der Waals surface area contributed by atoms with Crippen LogP contribution in [0.2, 0.25) is 0 Å². The first-order chi connectivity index (χ1) is 9.69. The van der Waals surface area contributed by atoms with E-state index in [1.165, 1.54) is 12.1 Å². The molecule has 4 heteroatoms. The van der Waals surface area contributed by atoms with E-state index in [0.717, 1.165) is 6.42 Å². The van der Waals surface area contributed by atoms with Gasteiger partial charge in [-0.1, -0.05) is 6.92 Å². The van der Waals surface area contributed by atoms with E-state index < -0.39 is 11.6 Å². The minimum absolute atomic E-state index is 0.0855. The Kier molecular flexibility index (Phi) is 6.14. The Balaban J connectivity index is 3.04. The summed E-state index contributed by atoms with van der Waals surface area (Å²) >= 11 is 0. The summed E-state index contributed by atoms with van der Waals surface area (Å²) in [6.45, 7) is 13.0. The molecule has 0 saturated heterocycles. The van der Waals surface area contributed by atoms with Crippen molar-refractivity contribution in [3.63, 3.8) is 0 Å². The molecule has 0 fully saturated rings. The summed E-state index contributed by atoms with van der Waals surface area (Å²) in [5.41, 5.74) is 0.632. The molecule has 1 rings (SSSR count). The Morgan fingerprint density at radius 3 is 2.05 bits per heavy atom. The van der Waals surface area contributed by atoms with E-state index in [4.69, 9.17) is 0 Å². The molecule has 21 heavy (non-hydrogen) atoms. The van der Waals surface area contributed by atoms with Crippen LogP contribution in [0.4, 0.5) is 14.5 Å². The molecular weight excluding hydrogens is 270 g/mol. The van der Waals surface area contributed by atoms with Gasteiger partial charge in [0.05, 0.1) is 0 Å². The molecule has 1 N–H and O–H groups in total. The van der Waals surface area contributed by atoms with Crippen LogP contribution < -0.4 is 10.2 Å². The van der Waals surface area contributed by atoms with Crippen LogP contribution in [0.25, 0.3) is 0 Å². The number of nitrogens with zero attached hydrogens (tertiary/aromatic N) is 1. The lowest BCUT2D eigenvalue weighted by Gasteiger charge is -2.30. The van der Waals surface area contributed by atoms with Crippen LogP contribution >= 0.6 is 0 Å². The fourth-order valence-corrected chi connectivity index (χ4v) is 2.27. The van der Waals surface area contributed by atoms with Gasteiger partial charge in [-0.15, -0.1) is 0 Å². The van der Waals surface area contributed by atoms with E-state index in [-0.39, 0.29) is 17.3 Å². The quantitative estimate of drug-likeness (QED) is 0.833. The van der Waals surface area contributed by atoms with Gasteiger partial charge in [-0.2, -0.15) is 0 Å². The molecule has 1 unspecified atom stereocenters. The Labute approximate surface area is 127 Å². The van der Waals surface area contributed by atoms with Gasteiger partial charge in [0.2, 0.25) is 0 Å². The van der Waals surface area contributed by atoms with E-state index in [0.29, 0.717) is 18.7 Å². The van der Waals surface area contributed by atoms with Crippen LogP contribution in [-0.2, 0) is 6.54 Å². The standard InChI is InChI=1S/C17H28F2N2/c1-7-12(3)21(8-2)16-14(18)9-13(10-15(16)19)11-20-17(4,5)6/h9-10,12,20H,7-8,11H2,1-6H3. The summed E-state index contributed by atoms with van der Waals surface area (Å²) in [6.07, 6.45) is 0.847. The molecule has 0 bridgehead atoms. The normalized spacial score (nSPS) is 13.3. The molecule has 0 aliphatic heterocycles. The number of halogens is 2. The predicted octanol–water partition coefficient (Wildman–Crippen LogP) is 4.48. The van der Waals surface area contributed by atoms with Crippen LogP contribution in [0.3, 0.4) is 0 Å². The van der Waals surface area contributed by atoms with Crippen molar-refractivity contribution in [1.82, 2.24) is 5.32 Å². The summed E-state index contributed by atoms with van der Waals surface area (Å²) in [7, 11) is 0. The lowest BCUT2D eigenvalue weighted by atomic mass is 10.1. The topological polar surface area (TPSA) is 15.3 Å². The zero-order chi connectivity index (χ0) is 16.2. The number of benzene rings is 1. The summed E-state index contributed by atoms with van der Waals surface area (Å²) in [4.78, 5) is 1.78. The number of rotatable bonds is 6. The third kappa shape index (κ3) is 4.95. The van der Waals surface area contributed by atoms with Crippen LogP contribution in [0.15, 0.2) is 12.1 Å². The second-order valence-corrected chi connectivity index (χ2v) is 6.55. The number of nitrogens with one attached hydrogen (secondary N) is 1. The molecule has 0 radical (unpaired) electrons. The van der Waals surface area contributed by atoms with E-state index >= 15 is 0 Å². The van der Waals surface area contributed by atoms with Gasteiger partial charge in [-0.3, -0.25) is 0 Å². The van der Waals surface area contributed by atoms with E-state index in [1.807, 2.05) is 41.5 Å². The van der Waals surface area contributed by atoms with Crippen LogP contribution in [0.1, 0.15) is 53.5 Å². The lowest BCUT2D eigenvalue weighted by Crippen LogP contribution is -2.35. The van der Waals surface area contributed by atoms with E-state index in [1.54, 1.807) is 4.90 Å². The second kappa shape index (κ2) is 7.21. The van der Waals surface area contributed by atoms with Crippen molar-refractivity contribution in [3.05, 3.63) is 29.3 Å². The zero-order valence-electron chi connectivity index (χ0n) is 14.1. The highest BCUT2D eigenvalue weighted by Gasteiger charge is 2.20. The van der Waals surface area contributed by atoms with Crippen molar-refractivity contribution in [2.45, 2.75) is 66.1 Å². The average molecular weight is 298 g/mol. The highest BCUT2D eigenvalue weighted by molar-refractivity contribution is 5.51. The zero-order valence-corrected chi connectivity index (χ0v) is 14.1. The van der Waals surface area contributed by atoms with Crippen LogP contribution in [0.5, 0.6) is 0 Å². The minimum Gasteiger partial charge on any atom is -0.364 e. The van der Waals surface area contributed by atoms with Crippen molar-refractivity contribution in [2.75, 3.05) is 11.4 Å². The first kappa shape index (κ1) is 17.9. The number of anilines is 1. The molecule has 0 spiro atoms. The number of hydrogen-bond acceptors (Lipinski definition) is 2. The first-order valence-electron chi connectivity index (χ1n) is 7.69. The molecule has 1 aromatic carbocycles. The average Bonchev–Trinajstić information content (AvgIpc) is 2.39. The SMILES string of the molecule is CCC(C)N(CC)c1c(F)cc(CNC(C)(C)C)cc1F. The van der Waals surface area contributed by atoms with Gasteiger partial charge in [-0.05, 0) is 58.7 Å². The fourth-order valence-electron chi connectivity index (χ4n) is 2.27. The maximum Gasteiger partial charge on any atom is 0.149 e. The van der Waals surface area contributed by atoms with Gasteiger partial charge < -0.3 is 10.2 Å². The summed E-state index contributed by atoms with van der Waals surface area (Å²) in [5, 5.41) is 3.24. The van der Waals surface area contributed by atoms with Gasteiger partial charge in [0.15, 0.2) is 0 Å². The maximum atomic E-state index is 14.4. The molecule has 0 saturated carbocycles.